The van der Waals surface area contributed by atoms with Crippen LogP contribution in [0, 0.1) is 20.8 Å². The molecule has 1 aromatic carbocycles. The van der Waals surface area contributed by atoms with E-state index >= 15 is 0 Å². The largest absolute Gasteiger partial charge is 0.489 e. The highest BCUT2D eigenvalue weighted by atomic mass is 127. The molecule has 0 aliphatic carbocycles. The van der Waals surface area contributed by atoms with E-state index in [9.17, 15) is 0 Å². The molecule has 2 rings (SSSR count). The van der Waals surface area contributed by atoms with Crippen molar-refractivity contribution in [2.24, 2.45) is 4.99 Å². The predicted octanol–water partition coefficient (Wildman–Crippen LogP) is 3.39. The Hall–Kier alpha value is -1.77. The van der Waals surface area contributed by atoms with Gasteiger partial charge >= 0.3 is 0 Å². The van der Waals surface area contributed by atoms with Gasteiger partial charge in [-0.25, -0.2) is 0 Å². The summed E-state index contributed by atoms with van der Waals surface area (Å²) in [6.45, 7) is 9.41. The standard InChI is InChI=1S/C19H28N4O2.HI/c1-13-7-6-8-17(11-13)24-14(2)12-22-19(20-5)21-10-9-18-15(3)23-25-16(18)4;/h6-8,11,14H,9-10,12H2,1-5H3,(H2,20,21,22);1H. The van der Waals surface area contributed by atoms with Gasteiger partial charge in [0.15, 0.2) is 5.96 Å². The summed E-state index contributed by atoms with van der Waals surface area (Å²) in [7, 11) is 1.76. The van der Waals surface area contributed by atoms with E-state index in [2.05, 4.69) is 33.8 Å². The average molecular weight is 472 g/mol. The second-order valence-electron chi connectivity index (χ2n) is 6.18. The van der Waals surface area contributed by atoms with E-state index in [1.807, 2.05) is 39.0 Å². The minimum atomic E-state index is 0. The summed E-state index contributed by atoms with van der Waals surface area (Å²) in [6.07, 6.45) is 0.875. The fraction of sp³-hybridized carbons (Fsp3) is 0.474. The van der Waals surface area contributed by atoms with Gasteiger partial charge in [-0.05, 0) is 51.8 Å². The molecule has 1 aromatic heterocycles. The Kier molecular flexibility index (Phi) is 9.47. The molecule has 1 unspecified atom stereocenters. The molecular formula is C19H29IN4O2. The molecule has 0 fully saturated rings. The Morgan fingerprint density at radius 1 is 1.27 bits per heavy atom. The minimum absolute atomic E-state index is 0. The summed E-state index contributed by atoms with van der Waals surface area (Å²) in [5, 5.41) is 10.6. The average Bonchev–Trinajstić information content (AvgIpc) is 2.89. The van der Waals surface area contributed by atoms with Crippen molar-refractivity contribution in [2.45, 2.75) is 40.2 Å². The van der Waals surface area contributed by atoms with E-state index in [-0.39, 0.29) is 30.1 Å². The molecule has 0 spiro atoms. The third-order valence-electron chi connectivity index (χ3n) is 3.96. The highest BCUT2D eigenvalue weighted by molar-refractivity contribution is 14.0. The third kappa shape index (κ3) is 6.86. The number of aromatic nitrogens is 1. The predicted molar refractivity (Wildman–Crippen MR) is 116 cm³/mol. The highest BCUT2D eigenvalue weighted by Gasteiger charge is 2.09. The highest BCUT2D eigenvalue weighted by Crippen LogP contribution is 2.14. The molecule has 2 N–H and O–H groups in total. The molecule has 0 saturated carbocycles. The van der Waals surface area contributed by atoms with E-state index in [1.54, 1.807) is 7.05 Å². The number of nitrogens with one attached hydrogen (secondary N) is 2. The second kappa shape index (κ2) is 11.1. The van der Waals surface area contributed by atoms with Gasteiger partial charge in [0.05, 0.1) is 12.2 Å². The van der Waals surface area contributed by atoms with Crippen LogP contribution in [0.25, 0.3) is 0 Å². The van der Waals surface area contributed by atoms with E-state index in [1.165, 1.54) is 5.56 Å². The maximum Gasteiger partial charge on any atom is 0.191 e. The van der Waals surface area contributed by atoms with Crippen LogP contribution in [-0.2, 0) is 6.42 Å². The molecule has 0 aliphatic rings. The summed E-state index contributed by atoms with van der Waals surface area (Å²) in [5.41, 5.74) is 3.29. The van der Waals surface area contributed by atoms with Crippen LogP contribution in [0.2, 0.25) is 0 Å². The van der Waals surface area contributed by atoms with E-state index < -0.39 is 0 Å². The van der Waals surface area contributed by atoms with Crippen LogP contribution in [0.3, 0.4) is 0 Å². The Morgan fingerprint density at radius 3 is 2.65 bits per heavy atom. The number of ether oxygens (including phenoxy) is 1. The minimum Gasteiger partial charge on any atom is -0.489 e. The van der Waals surface area contributed by atoms with Crippen LogP contribution in [0.1, 0.15) is 29.5 Å². The van der Waals surface area contributed by atoms with Gasteiger partial charge in [0.1, 0.15) is 17.6 Å². The first-order valence-electron chi connectivity index (χ1n) is 8.59. The van der Waals surface area contributed by atoms with Crippen molar-refractivity contribution in [1.82, 2.24) is 15.8 Å². The van der Waals surface area contributed by atoms with Crippen molar-refractivity contribution in [2.75, 3.05) is 20.1 Å². The first-order valence-corrected chi connectivity index (χ1v) is 8.59. The Labute approximate surface area is 172 Å². The number of aryl methyl sites for hydroxylation is 3. The van der Waals surface area contributed by atoms with Gasteiger partial charge in [-0.1, -0.05) is 17.3 Å². The number of halogens is 1. The van der Waals surface area contributed by atoms with Crippen LogP contribution in [0.5, 0.6) is 5.75 Å². The smallest absolute Gasteiger partial charge is 0.191 e. The molecule has 26 heavy (non-hydrogen) atoms. The molecule has 1 heterocycles. The third-order valence-corrected chi connectivity index (χ3v) is 3.96. The zero-order chi connectivity index (χ0) is 18.2. The summed E-state index contributed by atoms with van der Waals surface area (Å²) >= 11 is 0. The monoisotopic (exact) mass is 472 g/mol. The molecule has 2 aromatic rings. The van der Waals surface area contributed by atoms with Crippen molar-refractivity contribution in [3.8, 4) is 5.75 Å². The fourth-order valence-electron chi connectivity index (χ4n) is 2.59. The second-order valence-corrected chi connectivity index (χ2v) is 6.18. The van der Waals surface area contributed by atoms with Crippen molar-refractivity contribution >= 4 is 29.9 Å². The summed E-state index contributed by atoms with van der Waals surface area (Å²) in [6, 6.07) is 8.06. The number of aliphatic imine (C=N–C) groups is 1. The number of nitrogens with zero attached hydrogens (tertiary/aromatic N) is 2. The number of hydrogen-bond donors (Lipinski definition) is 2. The normalized spacial score (nSPS) is 12.3. The summed E-state index contributed by atoms with van der Waals surface area (Å²) in [4.78, 5) is 4.24. The number of rotatable bonds is 7. The zero-order valence-electron chi connectivity index (χ0n) is 16.1. The van der Waals surface area contributed by atoms with E-state index in [0.717, 1.165) is 41.7 Å². The molecule has 1 atom stereocenters. The van der Waals surface area contributed by atoms with Crippen LogP contribution in [-0.4, -0.2) is 37.4 Å². The van der Waals surface area contributed by atoms with Gasteiger partial charge in [0.2, 0.25) is 0 Å². The van der Waals surface area contributed by atoms with Crippen LogP contribution in [0.15, 0.2) is 33.8 Å². The first kappa shape index (κ1) is 22.3. The fourth-order valence-corrected chi connectivity index (χ4v) is 2.59. The zero-order valence-corrected chi connectivity index (χ0v) is 18.5. The maximum absolute atomic E-state index is 5.92. The molecule has 0 radical (unpaired) electrons. The molecule has 0 saturated heterocycles. The van der Waals surface area contributed by atoms with Crippen molar-refractivity contribution in [3.05, 3.63) is 46.8 Å². The van der Waals surface area contributed by atoms with Gasteiger partial charge in [-0.2, -0.15) is 0 Å². The van der Waals surface area contributed by atoms with Gasteiger partial charge in [-0.3, -0.25) is 4.99 Å². The molecule has 7 heteroatoms. The maximum atomic E-state index is 5.92. The van der Waals surface area contributed by atoms with E-state index in [4.69, 9.17) is 9.26 Å². The molecular weight excluding hydrogens is 443 g/mol. The van der Waals surface area contributed by atoms with Gasteiger partial charge in [0, 0.05) is 19.2 Å². The summed E-state index contributed by atoms with van der Waals surface area (Å²) < 4.78 is 11.1. The van der Waals surface area contributed by atoms with E-state index in [0.29, 0.717) is 6.54 Å². The molecule has 0 aliphatic heterocycles. The quantitative estimate of drug-likeness (QED) is 0.367. The topological polar surface area (TPSA) is 71.7 Å². The van der Waals surface area contributed by atoms with Gasteiger partial charge in [-0.15, -0.1) is 24.0 Å². The van der Waals surface area contributed by atoms with Crippen LogP contribution in [0.4, 0.5) is 0 Å². The molecule has 0 bridgehead atoms. The summed E-state index contributed by atoms with van der Waals surface area (Å²) in [5.74, 6) is 2.52. The number of guanidine groups is 1. The number of benzene rings is 1. The Bertz CT molecular complexity index is 696. The van der Waals surface area contributed by atoms with Crippen molar-refractivity contribution in [1.29, 1.82) is 0 Å². The lowest BCUT2D eigenvalue weighted by molar-refractivity contribution is 0.223. The lowest BCUT2D eigenvalue weighted by Gasteiger charge is -2.18. The van der Waals surface area contributed by atoms with Crippen LogP contribution >= 0.6 is 24.0 Å². The number of hydrogen-bond acceptors (Lipinski definition) is 4. The lowest BCUT2D eigenvalue weighted by atomic mass is 10.1. The molecule has 6 nitrogen and oxygen atoms in total. The van der Waals surface area contributed by atoms with Gasteiger partial charge < -0.3 is 19.9 Å². The van der Waals surface area contributed by atoms with Crippen LogP contribution < -0.4 is 15.4 Å². The Balaban J connectivity index is 0.00000338. The SMILES string of the molecule is CN=C(NCCc1c(C)noc1C)NCC(C)Oc1cccc(C)c1.I. The molecule has 0 amide bonds. The Morgan fingerprint density at radius 2 is 2.04 bits per heavy atom. The lowest BCUT2D eigenvalue weighted by Crippen LogP contribution is -2.42. The molecule has 144 valence electrons. The first-order chi connectivity index (χ1) is 12.0. The van der Waals surface area contributed by atoms with Crippen molar-refractivity contribution < 1.29 is 9.26 Å². The van der Waals surface area contributed by atoms with Crippen molar-refractivity contribution in [3.63, 3.8) is 0 Å². The van der Waals surface area contributed by atoms with Gasteiger partial charge in [0.25, 0.3) is 0 Å².